The minimum atomic E-state index is -4.31. The quantitative estimate of drug-likeness (QED) is 0.0245. The number of allylic oxidation sites excluding steroid dienone is 2. The number of carbonyl (C=O) groups excluding carboxylic acids is 1. The molecule has 0 saturated heterocycles. The van der Waals surface area contributed by atoms with E-state index in [4.69, 9.17) is 9.05 Å². The lowest BCUT2D eigenvalue weighted by Crippen LogP contribution is -2.46. The highest BCUT2D eigenvalue weighted by Crippen LogP contribution is 2.43. The van der Waals surface area contributed by atoms with Crippen molar-refractivity contribution in [3.63, 3.8) is 0 Å². The molecule has 0 aliphatic rings. The molecule has 0 bridgehead atoms. The SMILES string of the molecule is CCCCCCCCCCC/C=C\CCCCCCCC(=O)NC(COP(=O)(O)OCC[N+](C)(C)C)C(O)CCCCCCCCCCCCCCCCC. The topological polar surface area (TPSA) is 105 Å². The molecule has 0 aliphatic carbocycles. The maximum atomic E-state index is 12.9. The summed E-state index contributed by atoms with van der Waals surface area (Å²) in [6.45, 7) is 4.90. The van der Waals surface area contributed by atoms with Crippen LogP contribution in [0.3, 0.4) is 0 Å². The number of amides is 1. The van der Waals surface area contributed by atoms with Crippen LogP contribution in [0.15, 0.2) is 12.2 Å². The lowest BCUT2D eigenvalue weighted by atomic mass is 10.0. The molecule has 0 aromatic carbocycles. The van der Waals surface area contributed by atoms with E-state index < -0.39 is 20.0 Å². The van der Waals surface area contributed by atoms with Crippen LogP contribution >= 0.6 is 7.82 Å². The summed E-state index contributed by atoms with van der Waals surface area (Å²) >= 11 is 0. The zero-order valence-corrected chi connectivity index (χ0v) is 38.1. The van der Waals surface area contributed by atoms with Gasteiger partial charge in [0.1, 0.15) is 13.2 Å². The second-order valence-electron chi connectivity index (χ2n) is 17.5. The lowest BCUT2D eigenvalue weighted by Gasteiger charge is -2.26. The van der Waals surface area contributed by atoms with Crippen molar-refractivity contribution in [1.82, 2.24) is 5.32 Å². The first kappa shape index (κ1) is 54.2. The zero-order valence-electron chi connectivity index (χ0n) is 37.2. The van der Waals surface area contributed by atoms with Gasteiger partial charge in [-0.15, -0.1) is 0 Å². The average molecular weight is 802 g/mol. The Morgan fingerprint density at radius 2 is 0.982 bits per heavy atom. The predicted molar refractivity (Wildman–Crippen MR) is 235 cm³/mol. The number of hydrogen-bond acceptors (Lipinski definition) is 5. The van der Waals surface area contributed by atoms with Crippen molar-refractivity contribution in [3.8, 4) is 0 Å². The molecule has 0 saturated carbocycles. The minimum absolute atomic E-state index is 0.0750. The van der Waals surface area contributed by atoms with Crippen LogP contribution in [0.1, 0.15) is 226 Å². The number of phosphoric acid groups is 1. The molecule has 8 nitrogen and oxygen atoms in total. The lowest BCUT2D eigenvalue weighted by molar-refractivity contribution is -0.870. The van der Waals surface area contributed by atoms with E-state index in [1.807, 2.05) is 21.1 Å². The van der Waals surface area contributed by atoms with E-state index in [0.29, 0.717) is 23.9 Å². The summed E-state index contributed by atoms with van der Waals surface area (Å²) in [4.78, 5) is 23.2. The summed E-state index contributed by atoms with van der Waals surface area (Å²) in [5.41, 5.74) is 0. The molecule has 0 spiro atoms. The van der Waals surface area contributed by atoms with Gasteiger partial charge in [-0.3, -0.25) is 13.8 Å². The average Bonchev–Trinajstić information content (AvgIpc) is 3.13. The smallest absolute Gasteiger partial charge is 0.391 e. The number of quaternary nitrogens is 1. The Hall–Kier alpha value is -0.760. The maximum absolute atomic E-state index is 12.9. The first-order valence-electron chi connectivity index (χ1n) is 23.6. The summed E-state index contributed by atoms with van der Waals surface area (Å²) in [5.74, 6) is -0.151. The number of phosphoric ester groups is 1. The summed E-state index contributed by atoms with van der Waals surface area (Å²) < 4.78 is 23.6. The van der Waals surface area contributed by atoms with Crippen molar-refractivity contribution < 1.29 is 32.9 Å². The molecule has 0 aromatic rings. The predicted octanol–water partition coefficient (Wildman–Crippen LogP) is 13.1. The van der Waals surface area contributed by atoms with Crippen LogP contribution in [0.5, 0.6) is 0 Å². The third kappa shape index (κ3) is 41.2. The fourth-order valence-corrected chi connectivity index (χ4v) is 7.72. The van der Waals surface area contributed by atoms with Gasteiger partial charge in [0.05, 0.1) is 39.9 Å². The summed E-state index contributed by atoms with van der Waals surface area (Å²) in [7, 11) is 1.62. The second-order valence-corrected chi connectivity index (χ2v) is 18.9. The Bertz CT molecular complexity index is 911. The van der Waals surface area contributed by atoms with Crippen LogP contribution in [0.4, 0.5) is 0 Å². The molecule has 3 N–H and O–H groups in total. The molecule has 1 amide bonds. The van der Waals surface area contributed by atoms with Gasteiger partial charge in [0, 0.05) is 6.42 Å². The number of rotatable bonds is 43. The Morgan fingerprint density at radius 1 is 0.600 bits per heavy atom. The van der Waals surface area contributed by atoms with Crippen LogP contribution in [-0.4, -0.2) is 73.4 Å². The molecular weight excluding hydrogens is 707 g/mol. The maximum Gasteiger partial charge on any atom is 0.472 e. The summed E-state index contributed by atoms with van der Waals surface area (Å²) in [6.07, 6.45) is 43.8. The van der Waals surface area contributed by atoms with Crippen LogP contribution in [-0.2, 0) is 18.4 Å². The summed E-state index contributed by atoms with van der Waals surface area (Å²) in [5, 5.41) is 14.0. The van der Waals surface area contributed by atoms with E-state index in [0.717, 1.165) is 51.4 Å². The van der Waals surface area contributed by atoms with E-state index in [-0.39, 0.29) is 19.1 Å². The van der Waals surface area contributed by atoms with Crippen LogP contribution in [0.25, 0.3) is 0 Å². The van der Waals surface area contributed by atoms with E-state index in [1.165, 1.54) is 148 Å². The molecule has 0 radical (unpaired) electrons. The normalized spacial score (nSPS) is 14.4. The van der Waals surface area contributed by atoms with Gasteiger partial charge < -0.3 is 19.8 Å². The first-order valence-corrected chi connectivity index (χ1v) is 25.0. The van der Waals surface area contributed by atoms with Crippen molar-refractivity contribution in [2.75, 3.05) is 40.9 Å². The Morgan fingerprint density at radius 3 is 1.40 bits per heavy atom. The molecule has 0 aliphatic heterocycles. The van der Waals surface area contributed by atoms with E-state index in [2.05, 4.69) is 31.3 Å². The van der Waals surface area contributed by atoms with Crippen molar-refractivity contribution in [1.29, 1.82) is 0 Å². The van der Waals surface area contributed by atoms with Crippen molar-refractivity contribution in [2.45, 2.75) is 238 Å². The highest BCUT2D eigenvalue weighted by molar-refractivity contribution is 7.47. The zero-order chi connectivity index (χ0) is 40.7. The number of unbranched alkanes of at least 4 members (excludes halogenated alkanes) is 28. The van der Waals surface area contributed by atoms with Gasteiger partial charge in [0.15, 0.2) is 0 Å². The molecule has 328 valence electrons. The minimum Gasteiger partial charge on any atom is -0.391 e. The van der Waals surface area contributed by atoms with E-state index in [9.17, 15) is 19.4 Å². The molecule has 0 rings (SSSR count). The number of likely N-dealkylation sites (N-methyl/N-ethyl adjacent to an activating group) is 1. The molecule has 55 heavy (non-hydrogen) atoms. The van der Waals surface area contributed by atoms with Crippen LogP contribution in [0, 0.1) is 0 Å². The number of nitrogens with one attached hydrogen (secondary N) is 1. The number of carbonyl (C=O) groups is 1. The molecule has 0 aromatic heterocycles. The van der Waals surface area contributed by atoms with Crippen LogP contribution < -0.4 is 5.32 Å². The molecule has 0 heterocycles. The van der Waals surface area contributed by atoms with E-state index in [1.54, 1.807) is 0 Å². The van der Waals surface area contributed by atoms with Gasteiger partial charge in [0.2, 0.25) is 5.91 Å². The molecule has 3 unspecified atom stereocenters. The van der Waals surface area contributed by atoms with Gasteiger partial charge in [0.25, 0.3) is 0 Å². The number of aliphatic hydroxyl groups is 1. The van der Waals surface area contributed by atoms with Crippen LogP contribution in [0.2, 0.25) is 0 Å². The Labute approximate surface area is 342 Å². The Balaban J connectivity index is 4.32. The largest absolute Gasteiger partial charge is 0.472 e. The molecular formula is C46H94N2O6P+. The van der Waals surface area contributed by atoms with Gasteiger partial charge in [-0.1, -0.05) is 193 Å². The summed E-state index contributed by atoms with van der Waals surface area (Å²) in [6, 6.07) is -0.760. The monoisotopic (exact) mass is 802 g/mol. The number of hydrogen-bond donors (Lipinski definition) is 3. The third-order valence-corrected chi connectivity index (χ3v) is 11.7. The first-order chi connectivity index (χ1) is 26.5. The fraction of sp³-hybridized carbons (Fsp3) is 0.935. The molecule has 9 heteroatoms. The Kier molecular flexibility index (Phi) is 38.2. The van der Waals surface area contributed by atoms with Gasteiger partial charge in [-0.05, 0) is 38.5 Å². The van der Waals surface area contributed by atoms with Crippen molar-refractivity contribution in [3.05, 3.63) is 12.2 Å². The molecule has 3 atom stereocenters. The van der Waals surface area contributed by atoms with Gasteiger partial charge in [-0.25, -0.2) is 4.57 Å². The highest BCUT2D eigenvalue weighted by atomic mass is 31.2. The van der Waals surface area contributed by atoms with Crippen molar-refractivity contribution >= 4 is 13.7 Å². The fourth-order valence-electron chi connectivity index (χ4n) is 6.98. The number of aliphatic hydroxyl groups excluding tert-OH is 1. The van der Waals surface area contributed by atoms with Crippen molar-refractivity contribution in [2.24, 2.45) is 0 Å². The third-order valence-electron chi connectivity index (χ3n) is 10.8. The highest BCUT2D eigenvalue weighted by Gasteiger charge is 2.28. The number of nitrogens with zero attached hydrogens (tertiary/aromatic N) is 1. The van der Waals surface area contributed by atoms with Gasteiger partial charge >= 0.3 is 7.82 Å². The second kappa shape index (κ2) is 38.7. The standard InChI is InChI=1S/C46H93N2O6P/c1-6-8-10-12-14-16-18-20-22-23-24-26-28-30-32-34-36-38-40-46(50)47-44(43-54-55(51,52)53-42-41-48(3,4)5)45(49)39-37-35-33-31-29-27-25-21-19-17-15-13-11-9-7-2/h24,26,44-45,49H,6-23,25,27-43H2,1-5H3,(H-,47,50,51,52)/p+1/b26-24-. The van der Waals surface area contributed by atoms with Gasteiger partial charge in [-0.2, -0.15) is 0 Å². The van der Waals surface area contributed by atoms with E-state index >= 15 is 0 Å². The molecule has 0 fully saturated rings.